The quantitative estimate of drug-likeness (QED) is 0.663. The van der Waals surface area contributed by atoms with Crippen molar-refractivity contribution in [1.82, 2.24) is 0 Å². The molecule has 2 N–H and O–H groups in total. The van der Waals surface area contributed by atoms with Crippen molar-refractivity contribution in [2.24, 2.45) is 0 Å². The van der Waals surface area contributed by atoms with E-state index in [0.29, 0.717) is 10.7 Å². The third-order valence-electron chi connectivity index (χ3n) is 2.49. The highest BCUT2D eigenvalue weighted by atomic mass is 35.5. The number of nitrogens with one attached hydrogen (secondary N) is 2. The standard InChI is InChI=1S/C13H9ClFN3O3/c14-8-2-1-3-9(6-8)16-13(19)17-12-7-10(18(20)21)4-5-11(12)15/h1-7H,(H2,16,17,19). The van der Waals surface area contributed by atoms with Gasteiger partial charge in [0.25, 0.3) is 5.69 Å². The van der Waals surface area contributed by atoms with Gasteiger partial charge in [-0.25, -0.2) is 9.18 Å². The highest BCUT2D eigenvalue weighted by Crippen LogP contribution is 2.21. The van der Waals surface area contributed by atoms with Crippen molar-refractivity contribution < 1.29 is 14.1 Å². The molecule has 8 heteroatoms. The van der Waals surface area contributed by atoms with E-state index < -0.39 is 16.8 Å². The molecule has 0 aliphatic carbocycles. The van der Waals surface area contributed by atoms with Crippen molar-refractivity contribution in [2.45, 2.75) is 0 Å². The van der Waals surface area contributed by atoms with Gasteiger partial charge in [-0.1, -0.05) is 17.7 Å². The first-order valence-electron chi connectivity index (χ1n) is 5.73. The van der Waals surface area contributed by atoms with Gasteiger partial charge in [0.05, 0.1) is 10.6 Å². The van der Waals surface area contributed by atoms with Crippen LogP contribution in [0.1, 0.15) is 0 Å². The topological polar surface area (TPSA) is 84.3 Å². The van der Waals surface area contributed by atoms with Crippen molar-refractivity contribution in [1.29, 1.82) is 0 Å². The molecule has 0 spiro atoms. The number of anilines is 2. The van der Waals surface area contributed by atoms with Crippen LogP contribution in [0.25, 0.3) is 0 Å². The molecule has 0 aliphatic heterocycles. The fourth-order valence-electron chi connectivity index (χ4n) is 1.57. The minimum atomic E-state index is -0.776. The fourth-order valence-corrected chi connectivity index (χ4v) is 1.76. The van der Waals surface area contributed by atoms with Crippen molar-refractivity contribution in [3.05, 3.63) is 63.4 Å². The third kappa shape index (κ3) is 3.90. The maximum Gasteiger partial charge on any atom is 0.323 e. The molecule has 0 unspecified atom stereocenters. The summed E-state index contributed by atoms with van der Waals surface area (Å²) < 4.78 is 13.5. The molecule has 2 aromatic rings. The predicted molar refractivity (Wildman–Crippen MR) is 77.1 cm³/mol. The molecule has 6 nitrogen and oxygen atoms in total. The number of rotatable bonds is 3. The molecule has 0 saturated carbocycles. The maximum absolute atomic E-state index is 13.5. The first-order chi connectivity index (χ1) is 9.95. The molecule has 2 rings (SSSR count). The van der Waals surface area contributed by atoms with Crippen LogP contribution in [0.15, 0.2) is 42.5 Å². The van der Waals surface area contributed by atoms with Crippen LogP contribution in [0, 0.1) is 15.9 Å². The Morgan fingerprint density at radius 2 is 1.95 bits per heavy atom. The molecule has 0 saturated heterocycles. The van der Waals surface area contributed by atoms with Crippen LogP contribution in [0.2, 0.25) is 5.02 Å². The van der Waals surface area contributed by atoms with Gasteiger partial charge in [0, 0.05) is 22.8 Å². The van der Waals surface area contributed by atoms with E-state index in [1.165, 1.54) is 6.07 Å². The average molecular weight is 310 g/mol. The normalized spacial score (nSPS) is 10.0. The number of nitrogens with zero attached hydrogens (tertiary/aromatic N) is 1. The molecule has 0 bridgehead atoms. The minimum absolute atomic E-state index is 0.288. The van der Waals surface area contributed by atoms with Crippen LogP contribution in [0.3, 0.4) is 0 Å². The monoisotopic (exact) mass is 309 g/mol. The van der Waals surface area contributed by atoms with E-state index >= 15 is 0 Å². The van der Waals surface area contributed by atoms with E-state index in [2.05, 4.69) is 10.6 Å². The molecule has 0 aromatic heterocycles. The third-order valence-corrected chi connectivity index (χ3v) is 2.73. The van der Waals surface area contributed by atoms with Gasteiger partial charge in [0.2, 0.25) is 0 Å². The SMILES string of the molecule is O=C(Nc1cccc(Cl)c1)Nc1cc([N+](=O)[O-])ccc1F. The zero-order valence-electron chi connectivity index (χ0n) is 10.5. The first-order valence-corrected chi connectivity index (χ1v) is 6.11. The van der Waals surface area contributed by atoms with Crippen LogP contribution in [0.5, 0.6) is 0 Å². The van der Waals surface area contributed by atoms with E-state index in [1.807, 2.05) is 0 Å². The van der Waals surface area contributed by atoms with Crippen molar-refractivity contribution >= 4 is 34.7 Å². The zero-order chi connectivity index (χ0) is 15.4. The molecule has 0 aliphatic rings. The lowest BCUT2D eigenvalue weighted by Crippen LogP contribution is -2.20. The first kappa shape index (κ1) is 14.7. The number of nitro benzene ring substituents is 1. The Balaban J connectivity index is 2.12. The highest BCUT2D eigenvalue weighted by Gasteiger charge is 2.13. The number of halogens is 2. The van der Waals surface area contributed by atoms with Gasteiger partial charge >= 0.3 is 6.03 Å². The van der Waals surface area contributed by atoms with Gasteiger partial charge in [-0.3, -0.25) is 10.1 Å². The van der Waals surface area contributed by atoms with Crippen LogP contribution in [-0.2, 0) is 0 Å². The number of hydrogen-bond acceptors (Lipinski definition) is 3. The number of hydrogen-bond donors (Lipinski definition) is 2. The molecule has 0 radical (unpaired) electrons. The molecule has 21 heavy (non-hydrogen) atoms. The Bertz CT molecular complexity index is 709. The number of amides is 2. The van der Waals surface area contributed by atoms with Gasteiger partial charge in [-0.15, -0.1) is 0 Å². The van der Waals surface area contributed by atoms with Crippen molar-refractivity contribution in [3.63, 3.8) is 0 Å². The summed E-state index contributed by atoms with van der Waals surface area (Å²) in [7, 11) is 0. The zero-order valence-corrected chi connectivity index (χ0v) is 11.2. The summed E-state index contributed by atoms with van der Waals surface area (Å²) in [6, 6.07) is 8.48. The Labute approximate surface area is 123 Å². The van der Waals surface area contributed by atoms with E-state index in [9.17, 15) is 19.3 Å². The van der Waals surface area contributed by atoms with Gasteiger partial charge in [-0.2, -0.15) is 0 Å². The molecule has 0 fully saturated rings. The van der Waals surface area contributed by atoms with Crippen molar-refractivity contribution in [3.8, 4) is 0 Å². The summed E-state index contributed by atoms with van der Waals surface area (Å²) in [6.07, 6.45) is 0. The van der Waals surface area contributed by atoms with Crippen LogP contribution in [0.4, 0.5) is 26.2 Å². The van der Waals surface area contributed by atoms with E-state index in [4.69, 9.17) is 11.6 Å². The second-order valence-electron chi connectivity index (χ2n) is 4.01. The van der Waals surface area contributed by atoms with Gasteiger partial charge in [0.1, 0.15) is 5.82 Å². The second-order valence-corrected chi connectivity index (χ2v) is 4.45. The largest absolute Gasteiger partial charge is 0.323 e. The minimum Gasteiger partial charge on any atom is -0.308 e. The number of carbonyl (C=O) groups excluding carboxylic acids is 1. The summed E-state index contributed by atoms with van der Waals surface area (Å²) in [6.45, 7) is 0. The molecular formula is C13H9ClFN3O3. The molecule has 2 aromatic carbocycles. The van der Waals surface area contributed by atoms with Crippen LogP contribution in [-0.4, -0.2) is 11.0 Å². The summed E-state index contributed by atoms with van der Waals surface area (Å²) in [5.41, 5.74) is -0.205. The number of non-ortho nitro benzene ring substituents is 1. The Hall–Kier alpha value is -2.67. The number of nitro groups is 1. The lowest BCUT2D eigenvalue weighted by Gasteiger charge is -2.08. The van der Waals surface area contributed by atoms with Gasteiger partial charge in [-0.05, 0) is 24.3 Å². The lowest BCUT2D eigenvalue weighted by atomic mass is 10.2. The van der Waals surface area contributed by atoms with Crippen LogP contribution >= 0.6 is 11.6 Å². The summed E-state index contributed by atoms with van der Waals surface area (Å²) in [4.78, 5) is 21.7. The van der Waals surface area contributed by atoms with Crippen LogP contribution < -0.4 is 10.6 Å². The van der Waals surface area contributed by atoms with E-state index in [1.54, 1.807) is 18.2 Å². The Morgan fingerprint density at radius 3 is 2.62 bits per heavy atom. The second kappa shape index (κ2) is 6.19. The smallest absolute Gasteiger partial charge is 0.308 e. The Kier molecular flexibility index (Phi) is 4.34. The number of urea groups is 1. The molecule has 108 valence electrons. The summed E-state index contributed by atoms with van der Waals surface area (Å²) >= 11 is 5.76. The summed E-state index contributed by atoms with van der Waals surface area (Å²) in [5, 5.41) is 15.7. The van der Waals surface area contributed by atoms with Gasteiger partial charge < -0.3 is 10.6 Å². The molecule has 0 heterocycles. The number of benzene rings is 2. The fraction of sp³-hybridized carbons (Fsp3) is 0. The maximum atomic E-state index is 13.5. The van der Waals surface area contributed by atoms with Crippen molar-refractivity contribution in [2.75, 3.05) is 10.6 Å². The Morgan fingerprint density at radius 1 is 1.19 bits per heavy atom. The summed E-state index contributed by atoms with van der Waals surface area (Å²) in [5.74, 6) is -0.776. The number of carbonyl (C=O) groups is 1. The van der Waals surface area contributed by atoms with Gasteiger partial charge in [0.15, 0.2) is 0 Å². The molecule has 0 atom stereocenters. The lowest BCUT2D eigenvalue weighted by molar-refractivity contribution is -0.384. The molecular weight excluding hydrogens is 301 g/mol. The van der Waals surface area contributed by atoms with E-state index in [0.717, 1.165) is 18.2 Å². The van der Waals surface area contributed by atoms with E-state index in [-0.39, 0.29) is 11.4 Å². The predicted octanol–water partition coefficient (Wildman–Crippen LogP) is 4.03. The highest BCUT2D eigenvalue weighted by molar-refractivity contribution is 6.30. The molecule has 2 amide bonds. The average Bonchev–Trinajstić information content (AvgIpc) is 2.41.